The number of benzene rings is 2. The summed E-state index contributed by atoms with van der Waals surface area (Å²) >= 11 is 1.43. The van der Waals surface area contributed by atoms with Gasteiger partial charge in [-0.15, -0.1) is 0 Å². The third-order valence-electron chi connectivity index (χ3n) is 3.56. The van der Waals surface area contributed by atoms with E-state index in [0.717, 1.165) is 16.1 Å². The summed E-state index contributed by atoms with van der Waals surface area (Å²) in [6.45, 7) is 0. The highest BCUT2D eigenvalue weighted by Crippen LogP contribution is 2.41. The molecule has 0 aromatic heterocycles. The van der Waals surface area contributed by atoms with Crippen LogP contribution in [0.5, 0.6) is 17.2 Å². The monoisotopic (exact) mass is 343 g/mol. The Balaban J connectivity index is 2.01. The second-order valence-electron chi connectivity index (χ2n) is 5.02. The predicted octanol–water partition coefficient (Wildman–Crippen LogP) is 3.80. The maximum atomic E-state index is 12.3. The SMILES string of the molecule is COc1cc(C=C2Sc3ccccc3NC2=O)cc(OC)c1OC. The van der Waals surface area contributed by atoms with Crippen LogP contribution in [0.1, 0.15) is 5.56 Å². The Morgan fingerprint density at radius 1 is 1.00 bits per heavy atom. The molecule has 0 radical (unpaired) electrons. The van der Waals surface area contributed by atoms with Crippen LogP contribution >= 0.6 is 11.8 Å². The molecule has 0 spiro atoms. The molecule has 5 nitrogen and oxygen atoms in total. The molecule has 2 aromatic rings. The van der Waals surface area contributed by atoms with Crippen molar-refractivity contribution < 1.29 is 19.0 Å². The van der Waals surface area contributed by atoms with Crippen LogP contribution in [0.25, 0.3) is 6.08 Å². The van der Waals surface area contributed by atoms with Gasteiger partial charge < -0.3 is 19.5 Å². The molecule has 1 N–H and O–H groups in total. The molecule has 6 heteroatoms. The largest absolute Gasteiger partial charge is 0.493 e. The van der Waals surface area contributed by atoms with Crippen LogP contribution < -0.4 is 19.5 Å². The van der Waals surface area contributed by atoms with E-state index in [1.54, 1.807) is 27.4 Å². The van der Waals surface area contributed by atoms with Crippen LogP contribution in [0.3, 0.4) is 0 Å². The fourth-order valence-corrected chi connectivity index (χ4v) is 3.39. The highest BCUT2D eigenvalue weighted by molar-refractivity contribution is 8.04. The Morgan fingerprint density at radius 2 is 1.67 bits per heavy atom. The minimum atomic E-state index is -0.132. The summed E-state index contributed by atoms with van der Waals surface area (Å²) in [5, 5.41) is 2.89. The normalized spacial score (nSPS) is 14.8. The van der Waals surface area contributed by atoms with Crippen molar-refractivity contribution in [2.45, 2.75) is 4.90 Å². The molecule has 1 aliphatic rings. The number of nitrogens with one attached hydrogen (secondary N) is 1. The Bertz CT molecular complexity index is 791. The first kappa shape index (κ1) is 16.3. The first-order valence-corrected chi connectivity index (χ1v) is 8.08. The average Bonchev–Trinajstić information content (AvgIpc) is 2.61. The van der Waals surface area contributed by atoms with Gasteiger partial charge in [-0.2, -0.15) is 0 Å². The second kappa shape index (κ2) is 6.88. The van der Waals surface area contributed by atoms with E-state index in [4.69, 9.17) is 14.2 Å². The van der Waals surface area contributed by atoms with Gasteiger partial charge in [0.1, 0.15) is 0 Å². The fraction of sp³-hybridized carbons (Fsp3) is 0.167. The van der Waals surface area contributed by atoms with Gasteiger partial charge in [0, 0.05) is 4.90 Å². The topological polar surface area (TPSA) is 56.8 Å². The van der Waals surface area contributed by atoms with Gasteiger partial charge in [-0.05, 0) is 35.9 Å². The third kappa shape index (κ3) is 3.05. The smallest absolute Gasteiger partial charge is 0.262 e. The van der Waals surface area contributed by atoms with Crippen molar-refractivity contribution in [1.29, 1.82) is 0 Å². The molecule has 3 rings (SSSR count). The highest BCUT2D eigenvalue weighted by Gasteiger charge is 2.21. The number of hydrogen-bond acceptors (Lipinski definition) is 5. The van der Waals surface area contributed by atoms with Crippen molar-refractivity contribution >= 4 is 29.4 Å². The van der Waals surface area contributed by atoms with Crippen LogP contribution in [0.15, 0.2) is 46.2 Å². The second-order valence-corrected chi connectivity index (χ2v) is 6.10. The number of methoxy groups -OCH3 is 3. The number of fused-ring (bicyclic) bond motifs is 1. The number of carbonyl (C=O) groups is 1. The number of anilines is 1. The van der Waals surface area contributed by atoms with Crippen molar-refractivity contribution in [1.82, 2.24) is 0 Å². The van der Waals surface area contributed by atoms with Gasteiger partial charge in [0.15, 0.2) is 11.5 Å². The highest BCUT2D eigenvalue weighted by atomic mass is 32.2. The van der Waals surface area contributed by atoms with Crippen LogP contribution in [-0.2, 0) is 4.79 Å². The van der Waals surface area contributed by atoms with Gasteiger partial charge in [0.25, 0.3) is 5.91 Å². The predicted molar refractivity (Wildman–Crippen MR) is 95.0 cm³/mol. The summed E-state index contributed by atoms with van der Waals surface area (Å²) < 4.78 is 16.0. The quantitative estimate of drug-likeness (QED) is 0.856. The number of thioether (sulfide) groups is 1. The molecule has 0 saturated heterocycles. The number of hydrogen-bond donors (Lipinski definition) is 1. The minimum absolute atomic E-state index is 0.132. The van der Waals surface area contributed by atoms with Gasteiger partial charge in [-0.25, -0.2) is 0 Å². The van der Waals surface area contributed by atoms with E-state index in [1.165, 1.54) is 11.8 Å². The van der Waals surface area contributed by atoms with E-state index < -0.39 is 0 Å². The molecule has 0 atom stereocenters. The number of rotatable bonds is 4. The van der Waals surface area contributed by atoms with Crippen molar-refractivity contribution in [3.63, 3.8) is 0 Å². The molecule has 124 valence electrons. The van der Waals surface area contributed by atoms with Crippen molar-refractivity contribution in [3.8, 4) is 17.2 Å². The zero-order valence-corrected chi connectivity index (χ0v) is 14.4. The molecule has 0 aliphatic carbocycles. The third-order valence-corrected chi connectivity index (χ3v) is 4.66. The molecular formula is C18H17NO4S. The molecule has 0 saturated carbocycles. The molecule has 1 heterocycles. The Kier molecular flexibility index (Phi) is 4.66. The van der Waals surface area contributed by atoms with Crippen molar-refractivity contribution in [2.24, 2.45) is 0 Å². The summed E-state index contributed by atoms with van der Waals surface area (Å²) in [5.41, 5.74) is 1.62. The van der Waals surface area contributed by atoms with E-state index >= 15 is 0 Å². The maximum absolute atomic E-state index is 12.3. The Morgan fingerprint density at radius 3 is 2.29 bits per heavy atom. The molecule has 1 aliphatic heterocycles. The maximum Gasteiger partial charge on any atom is 0.262 e. The minimum Gasteiger partial charge on any atom is -0.493 e. The van der Waals surface area contributed by atoms with Gasteiger partial charge in [0.2, 0.25) is 5.75 Å². The van der Waals surface area contributed by atoms with Crippen LogP contribution in [0.2, 0.25) is 0 Å². The van der Waals surface area contributed by atoms with E-state index in [9.17, 15) is 4.79 Å². The lowest BCUT2D eigenvalue weighted by Crippen LogP contribution is -2.17. The fourth-order valence-electron chi connectivity index (χ4n) is 2.44. The molecular weight excluding hydrogens is 326 g/mol. The number of ether oxygens (including phenoxy) is 3. The van der Waals surface area contributed by atoms with E-state index in [-0.39, 0.29) is 5.91 Å². The van der Waals surface area contributed by atoms with Crippen LogP contribution in [0, 0.1) is 0 Å². The van der Waals surface area contributed by atoms with Gasteiger partial charge >= 0.3 is 0 Å². The van der Waals surface area contributed by atoms with Crippen LogP contribution in [-0.4, -0.2) is 27.2 Å². The van der Waals surface area contributed by atoms with E-state index in [1.807, 2.05) is 36.4 Å². The summed E-state index contributed by atoms with van der Waals surface area (Å²) in [6, 6.07) is 11.3. The molecule has 1 amide bonds. The van der Waals surface area contributed by atoms with Gasteiger partial charge in [-0.1, -0.05) is 23.9 Å². The molecule has 0 fully saturated rings. The molecule has 0 unspecified atom stereocenters. The van der Waals surface area contributed by atoms with E-state index in [2.05, 4.69) is 5.32 Å². The standard InChI is InChI=1S/C18H17NO4S/c1-21-13-8-11(9-14(22-2)17(13)23-3)10-16-18(20)19-12-6-4-5-7-15(12)24-16/h4-10H,1-3H3,(H,19,20). The van der Waals surface area contributed by atoms with Gasteiger partial charge in [0.05, 0.1) is 31.9 Å². The van der Waals surface area contributed by atoms with Crippen LogP contribution in [0.4, 0.5) is 5.69 Å². The zero-order chi connectivity index (χ0) is 17.1. The van der Waals surface area contributed by atoms with Crippen molar-refractivity contribution in [2.75, 3.05) is 26.6 Å². The number of para-hydroxylation sites is 1. The average molecular weight is 343 g/mol. The number of carbonyl (C=O) groups excluding carboxylic acids is 1. The Hall–Kier alpha value is -2.60. The summed E-state index contributed by atoms with van der Waals surface area (Å²) in [7, 11) is 4.68. The molecule has 24 heavy (non-hydrogen) atoms. The summed E-state index contributed by atoms with van der Waals surface area (Å²) in [4.78, 5) is 13.9. The molecule has 2 aromatic carbocycles. The van der Waals surface area contributed by atoms with Gasteiger partial charge in [-0.3, -0.25) is 4.79 Å². The Labute approximate surface area is 144 Å². The summed E-state index contributed by atoms with van der Waals surface area (Å²) in [6.07, 6.45) is 1.81. The zero-order valence-electron chi connectivity index (χ0n) is 13.6. The number of amides is 1. The summed E-state index contributed by atoms with van der Waals surface area (Å²) in [5.74, 6) is 1.48. The lowest BCUT2D eigenvalue weighted by atomic mass is 10.1. The van der Waals surface area contributed by atoms with Crippen molar-refractivity contribution in [3.05, 3.63) is 46.9 Å². The van der Waals surface area contributed by atoms with E-state index in [0.29, 0.717) is 22.2 Å². The first-order valence-electron chi connectivity index (χ1n) is 7.26. The molecule has 0 bridgehead atoms. The lowest BCUT2D eigenvalue weighted by molar-refractivity contribution is -0.112. The lowest BCUT2D eigenvalue weighted by Gasteiger charge is -2.18. The first-order chi connectivity index (χ1) is 11.7.